The van der Waals surface area contributed by atoms with Crippen molar-refractivity contribution in [1.82, 2.24) is 4.57 Å². The number of nitrogens with zero attached hydrogens (tertiary/aromatic N) is 2. The highest BCUT2D eigenvalue weighted by atomic mass is 32.1. The molecule has 25 heavy (non-hydrogen) atoms. The third-order valence-electron chi connectivity index (χ3n) is 3.23. The quantitative estimate of drug-likeness (QED) is 0.454. The number of esters is 1. The molecule has 0 radical (unpaired) electrons. The largest absolute Gasteiger partial charge is 0.452 e. The highest BCUT2D eigenvalue weighted by Gasteiger charge is 2.05. The van der Waals surface area contributed by atoms with Gasteiger partial charge in [-0.05, 0) is 19.4 Å². The van der Waals surface area contributed by atoms with Crippen molar-refractivity contribution < 1.29 is 14.3 Å². The second kappa shape index (κ2) is 9.54. The van der Waals surface area contributed by atoms with Crippen LogP contribution in [0.3, 0.4) is 0 Å². The van der Waals surface area contributed by atoms with Crippen molar-refractivity contribution in [2.45, 2.75) is 20.4 Å². The first-order valence-corrected chi connectivity index (χ1v) is 8.69. The molecule has 0 unspecified atom stereocenters. The van der Waals surface area contributed by atoms with Gasteiger partial charge in [0.1, 0.15) is 0 Å². The van der Waals surface area contributed by atoms with E-state index < -0.39 is 11.9 Å². The van der Waals surface area contributed by atoms with E-state index in [-0.39, 0.29) is 6.61 Å². The van der Waals surface area contributed by atoms with Crippen LogP contribution in [0.4, 0.5) is 0 Å². The van der Waals surface area contributed by atoms with E-state index in [0.29, 0.717) is 11.3 Å². The van der Waals surface area contributed by atoms with Crippen LogP contribution in [0.1, 0.15) is 18.1 Å². The lowest BCUT2D eigenvalue weighted by Gasteiger charge is -2.04. The zero-order chi connectivity index (χ0) is 18.1. The van der Waals surface area contributed by atoms with Gasteiger partial charge in [-0.25, -0.2) is 4.79 Å². The van der Waals surface area contributed by atoms with Gasteiger partial charge in [-0.3, -0.25) is 4.79 Å². The molecule has 0 aliphatic rings. The van der Waals surface area contributed by atoms with Gasteiger partial charge in [-0.1, -0.05) is 48.1 Å². The lowest BCUT2D eigenvalue weighted by atomic mass is 10.1. The Hall–Kier alpha value is -2.73. The predicted octanol–water partition coefficient (Wildman–Crippen LogP) is 3.01. The van der Waals surface area contributed by atoms with E-state index in [1.807, 2.05) is 54.3 Å². The number of hydrogen-bond donors (Lipinski definition) is 0. The monoisotopic (exact) mass is 356 g/mol. The average molecular weight is 356 g/mol. The first kappa shape index (κ1) is 18.6. The number of hydrogen-bond acceptors (Lipinski definition) is 4. The van der Waals surface area contributed by atoms with Crippen molar-refractivity contribution in [3.05, 3.63) is 76.1 Å². The zero-order valence-corrected chi connectivity index (χ0v) is 15.0. The summed E-state index contributed by atoms with van der Waals surface area (Å²) in [6.07, 6.45) is 8.18. The molecule has 6 heteroatoms. The fourth-order valence-electron chi connectivity index (χ4n) is 1.96. The van der Waals surface area contributed by atoms with Crippen LogP contribution in [-0.2, 0) is 20.9 Å². The number of carbonyl (C=O) groups excluding carboxylic acids is 2. The Labute approximate surface area is 150 Å². The number of benzene rings is 1. The van der Waals surface area contributed by atoms with Gasteiger partial charge < -0.3 is 9.30 Å². The number of aromatic nitrogens is 1. The minimum absolute atomic E-state index is 0.374. The molecule has 0 aliphatic carbocycles. The molecule has 0 fully saturated rings. The van der Waals surface area contributed by atoms with Gasteiger partial charge in [0.2, 0.25) is 0 Å². The lowest BCUT2D eigenvalue weighted by molar-refractivity contribution is -0.142. The third kappa shape index (κ3) is 6.35. The molecular formula is C19H20N2O3S. The van der Waals surface area contributed by atoms with Gasteiger partial charge in [0.05, 0.1) is 0 Å². The second-order valence-corrected chi connectivity index (χ2v) is 6.17. The lowest BCUT2D eigenvalue weighted by Crippen LogP contribution is -2.19. The SMILES string of the molecule is CC=CC=CC(=O)OCC(=O)N=c1sccn1Cc1ccc(C)cc1. The van der Waals surface area contributed by atoms with Gasteiger partial charge in [-0.15, -0.1) is 11.3 Å². The third-order valence-corrected chi connectivity index (χ3v) is 4.02. The number of thiazole rings is 1. The maximum Gasteiger partial charge on any atom is 0.331 e. The Balaban J connectivity index is 1.99. The Morgan fingerprint density at radius 1 is 1.24 bits per heavy atom. The van der Waals surface area contributed by atoms with E-state index in [0.717, 1.165) is 5.56 Å². The Morgan fingerprint density at radius 3 is 2.72 bits per heavy atom. The van der Waals surface area contributed by atoms with Gasteiger partial charge in [-0.2, -0.15) is 4.99 Å². The minimum Gasteiger partial charge on any atom is -0.452 e. The first-order chi connectivity index (χ1) is 12.1. The summed E-state index contributed by atoms with van der Waals surface area (Å²) >= 11 is 1.36. The molecule has 1 heterocycles. The summed E-state index contributed by atoms with van der Waals surface area (Å²) in [6, 6.07) is 8.19. The van der Waals surface area contributed by atoms with Crippen LogP contribution in [-0.4, -0.2) is 23.1 Å². The van der Waals surface area contributed by atoms with Crippen LogP contribution >= 0.6 is 11.3 Å². The zero-order valence-electron chi connectivity index (χ0n) is 14.2. The van der Waals surface area contributed by atoms with Crippen molar-refractivity contribution in [2.75, 3.05) is 6.61 Å². The highest BCUT2D eigenvalue weighted by Crippen LogP contribution is 2.05. The van der Waals surface area contributed by atoms with E-state index in [9.17, 15) is 9.59 Å². The molecule has 2 rings (SSSR count). The van der Waals surface area contributed by atoms with Crippen molar-refractivity contribution in [3.8, 4) is 0 Å². The van der Waals surface area contributed by atoms with Crippen LogP contribution < -0.4 is 4.80 Å². The molecule has 0 atom stereocenters. The van der Waals surface area contributed by atoms with Crippen molar-refractivity contribution >= 4 is 23.2 Å². The molecule has 5 nitrogen and oxygen atoms in total. The molecule has 1 amide bonds. The summed E-state index contributed by atoms with van der Waals surface area (Å²) in [6.45, 7) is 4.13. The fraction of sp³-hybridized carbons (Fsp3) is 0.211. The minimum atomic E-state index is -0.569. The Kier molecular flexibility index (Phi) is 7.10. The highest BCUT2D eigenvalue weighted by molar-refractivity contribution is 7.07. The molecule has 2 aromatic rings. The molecule has 0 saturated heterocycles. The molecule has 0 aliphatic heterocycles. The summed E-state index contributed by atoms with van der Waals surface area (Å²) < 4.78 is 6.75. The van der Waals surface area contributed by atoms with Crippen LogP contribution in [0.5, 0.6) is 0 Å². The van der Waals surface area contributed by atoms with Crippen molar-refractivity contribution in [3.63, 3.8) is 0 Å². The number of amides is 1. The molecule has 0 N–H and O–H groups in total. The van der Waals surface area contributed by atoms with Crippen LogP contribution in [0, 0.1) is 6.92 Å². The smallest absolute Gasteiger partial charge is 0.331 e. The molecule has 0 saturated carbocycles. The standard InChI is InChI=1S/C19H20N2O3S/c1-3-4-5-6-18(23)24-14-17(22)20-19-21(11-12-25-19)13-16-9-7-15(2)8-10-16/h3-12H,13-14H2,1-2H3. The average Bonchev–Trinajstić information content (AvgIpc) is 3.02. The number of rotatable bonds is 6. The second-order valence-electron chi connectivity index (χ2n) is 5.30. The van der Waals surface area contributed by atoms with Crippen LogP contribution in [0.2, 0.25) is 0 Å². The van der Waals surface area contributed by atoms with E-state index in [2.05, 4.69) is 4.99 Å². The molecule has 1 aromatic heterocycles. The van der Waals surface area contributed by atoms with Gasteiger partial charge in [0.15, 0.2) is 11.4 Å². The van der Waals surface area contributed by atoms with Gasteiger partial charge >= 0.3 is 5.97 Å². The van der Waals surface area contributed by atoms with Gasteiger partial charge in [0.25, 0.3) is 5.91 Å². The van der Waals surface area contributed by atoms with Crippen molar-refractivity contribution in [2.24, 2.45) is 4.99 Å². The molecule has 130 valence electrons. The number of aryl methyl sites for hydroxylation is 1. The van der Waals surface area contributed by atoms with Crippen LogP contribution in [0.15, 0.2) is 65.1 Å². The summed E-state index contributed by atoms with van der Waals surface area (Å²) in [4.78, 5) is 27.9. The fourth-order valence-corrected chi connectivity index (χ4v) is 2.71. The van der Waals surface area contributed by atoms with E-state index in [1.54, 1.807) is 18.2 Å². The summed E-state index contributed by atoms with van der Waals surface area (Å²) in [5.74, 6) is -1.06. The first-order valence-electron chi connectivity index (χ1n) is 7.81. The number of ether oxygens (including phenoxy) is 1. The summed E-state index contributed by atoms with van der Waals surface area (Å²) in [5.41, 5.74) is 2.32. The van der Waals surface area contributed by atoms with Crippen LogP contribution in [0.25, 0.3) is 0 Å². The molecule has 0 bridgehead atoms. The maximum atomic E-state index is 11.9. The van der Waals surface area contributed by atoms with E-state index in [1.165, 1.54) is 23.0 Å². The van der Waals surface area contributed by atoms with E-state index >= 15 is 0 Å². The number of allylic oxidation sites excluding steroid dienone is 3. The normalized spacial score (nSPS) is 12.2. The van der Waals surface area contributed by atoms with Gasteiger partial charge in [0, 0.05) is 24.2 Å². The number of carbonyl (C=O) groups is 2. The summed E-state index contributed by atoms with van der Waals surface area (Å²) in [7, 11) is 0. The Bertz CT molecular complexity index is 842. The van der Waals surface area contributed by atoms with E-state index in [4.69, 9.17) is 4.74 Å². The Morgan fingerprint density at radius 2 is 2.00 bits per heavy atom. The molecule has 0 spiro atoms. The topological polar surface area (TPSA) is 60.7 Å². The summed E-state index contributed by atoms with van der Waals surface area (Å²) in [5, 5.41) is 1.87. The maximum absolute atomic E-state index is 11.9. The molecule has 1 aromatic carbocycles. The molecular weight excluding hydrogens is 336 g/mol. The van der Waals surface area contributed by atoms with Crippen molar-refractivity contribution in [1.29, 1.82) is 0 Å². The predicted molar refractivity (Wildman–Crippen MR) is 98.1 cm³/mol.